The Hall–Kier alpha value is -1.70. The molecule has 150 valence electrons. The molecule has 2 aromatic rings. The fourth-order valence-electron chi connectivity index (χ4n) is 3.20. The normalized spacial score (nSPS) is 14.8. The van der Waals surface area contributed by atoms with Gasteiger partial charge in [-0.05, 0) is 68.3 Å². The number of aryl methyl sites for hydroxylation is 1. The summed E-state index contributed by atoms with van der Waals surface area (Å²) in [5, 5.41) is 0.446. The number of amides is 1. The van der Waals surface area contributed by atoms with Gasteiger partial charge in [0, 0.05) is 23.0 Å². The van der Waals surface area contributed by atoms with Crippen molar-refractivity contribution in [2.45, 2.75) is 36.0 Å². The molecule has 1 aliphatic rings. The van der Waals surface area contributed by atoms with E-state index in [2.05, 4.69) is 4.72 Å². The van der Waals surface area contributed by atoms with Gasteiger partial charge in [0.15, 0.2) is 0 Å². The Morgan fingerprint density at radius 3 is 2.50 bits per heavy atom. The number of nitrogens with one attached hydrogen (secondary N) is 1. The smallest absolute Gasteiger partial charge is 0.261 e. The van der Waals surface area contributed by atoms with Gasteiger partial charge in [0.05, 0.1) is 16.1 Å². The van der Waals surface area contributed by atoms with Gasteiger partial charge >= 0.3 is 0 Å². The summed E-state index contributed by atoms with van der Waals surface area (Å²) in [5.74, 6) is -0.111. The van der Waals surface area contributed by atoms with Crippen LogP contribution in [0.3, 0.4) is 0 Å². The van der Waals surface area contributed by atoms with Crippen molar-refractivity contribution in [2.24, 2.45) is 0 Å². The number of hydrogen-bond donors (Lipinski definition) is 1. The molecule has 1 aliphatic heterocycles. The van der Waals surface area contributed by atoms with Gasteiger partial charge in [0.25, 0.3) is 15.9 Å². The molecule has 0 aliphatic carbocycles. The predicted octanol–water partition coefficient (Wildman–Crippen LogP) is 4.80. The molecule has 1 heterocycles. The molecule has 1 amide bonds. The van der Waals surface area contributed by atoms with Crippen LogP contribution in [-0.4, -0.2) is 38.6 Å². The number of anilines is 1. The minimum absolute atomic E-state index is 0.0602. The maximum Gasteiger partial charge on any atom is 0.261 e. The summed E-state index contributed by atoms with van der Waals surface area (Å²) < 4.78 is 28.4. The molecule has 0 unspecified atom stereocenters. The Morgan fingerprint density at radius 2 is 1.82 bits per heavy atom. The van der Waals surface area contributed by atoms with Crippen LogP contribution < -0.4 is 4.72 Å². The van der Waals surface area contributed by atoms with E-state index in [4.69, 9.17) is 11.6 Å². The number of sulfonamides is 1. The van der Waals surface area contributed by atoms with Crippen LogP contribution in [0.5, 0.6) is 0 Å². The molecule has 1 N–H and O–H groups in total. The van der Waals surface area contributed by atoms with Crippen LogP contribution >= 0.6 is 23.4 Å². The zero-order chi connectivity index (χ0) is 20.3. The average Bonchev–Trinajstić information content (AvgIpc) is 2.70. The standard InChI is InChI=1S/C20H23ClN2O3S2/c1-14-6-7-15(21)12-18(14)22-28(25,26)16-8-9-19(27-2)17(13-16)20(24)23-10-4-3-5-11-23/h6-9,12-13,22H,3-5,10-11H2,1-2H3. The summed E-state index contributed by atoms with van der Waals surface area (Å²) in [4.78, 5) is 15.6. The molecular formula is C20H23ClN2O3S2. The van der Waals surface area contributed by atoms with Gasteiger partial charge in [0.2, 0.25) is 0 Å². The first-order valence-electron chi connectivity index (χ1n) is 9.08. The van der Waals surface area contributed by atoms with Crippen LogP contribution in [0, 0.1) is 6.92 Å². The highest BCUT2D eigenvalue weighted by Crippen LogP contribution is 2.28. The second kappa shape index (κ2) is 8.76. The van der Waals surface area contributed by atoms with E-state index in [1.165, 1.54) is 23.9 Å². The monoisotopic (exact) mass is 438 g/mol. The Morgan fingerprint density at radius 1 is 1.11 bits per heavy atom. The fourth-order valence-corrected chi connectivity index (χ4v) is 5.09. The van der Waals surface area contributed by atoms with Crippen LogP contribution in [0.4, 0.5) is 5.69 Å². The number of halogens is 1. The Kier molecular flexibility index (Phi) is 6.58. The van der Waals surface area contributed by atoms with E-state index in [1.54, 1.807) is 31.2 Å². The molecule has 0 radical (unpaired) electrons. The second-order valence-corrected chi connectivity index (χ2v) is 9.75. The molecule has 3 rings (SSSR count). The van der Waals surface area contributed by atoms with Gasteiger partial charge in [0.1, 0.15) is 0 Å². The van der Waals surface area contributed by atoms with Crippen LogP contribution in [0.15, 0.2) is 46.2 Å². The van der Waals surface area contributed by atoms with Crippen LogP contribution in [0.25, 0.3) is 0 Å². The van der Waals surface area contributed by atoms with Gasteiger partial charge in [-0.1, -0.05) is 17.7 Å². The minimum Gasteiger partial charge on any atom is -0.339 e. The van der Waals surface area contributed by atoms with E-state index in [9.17, 15) is 13.2 Å². The third kappa shape index (κ3) is 4.64. The van der Waals surface area contributed by atoms with Crippen molar-refractivity contribution in [1.82, 2.24) is 4.90 Å². The molecule has 28 heavy (non-hydrogen) atoms. The van der Waals surface area contributed by atoms with Gasteiger partial charge in [-0.3, -0.25) is 9.52 Å². The van der Waals surface area contributed by atoms with Crippen molar-refractivity contribution in [3.8, 4) is 0 Å². The number of carbonyl (C=O) groups is 1. The number of benzene rings is 2. The van der Waals surface area contributed by atoms with Crippen LogP contribution in [-0.2, 0) is 10.0 Å². The van der Waals surface area contributed by atoms with Crippen molar-refractivity contribution in [2.75, 3.05) is 24.1 Å². The average molecular weight is 439 g/mol. The predicted molar refractivity (Wildman–Crippen MR) is 115 cm³/mol. The highest BCUT2D eigenvalue weighted by molar-refractivity contribution is 7.98. The van der Waals surface area contributed by atoms with Crippen LogP contribution in [0.1, 0.15) is 35.2 Å². The van der Waals surface area contributed by atoms with E-state index in [0.717, 1.165) is 29.7 Å². The van der Waals surface area contributed by atoms with Crippen molar-refractivity contribution < 1.29 is 13.2 Å². The number of rotatable bonds is 5. The first-order chi connectivity index (χ1) is 13.3. The lowest BCUT2D eigenvalue weighted by atomic mass is 10.1. The van der Waals surface area contributed by atoms with Crippen LogP contribution in [0.2, 0.25) is 5.02 Å². The first kappa shape index (κ1) is 21.0. The molecule has 0 saturated carbocycles. The van der Waals surface area contributed by atoms with E-state index < -0.39 is 10.0 Å². The SMILES string of the molecule is CSc1ccc(S(=O)(=O)Nc2cc(Cl)ccc2C)cc1C(=O)N1CCCCC1. The maximum atomic E-state index is 13.0. The number of carbonyl (C=O) groups excluding carboxylic acids is 1. The molecule has 2 aromatic carbocycles. The highest BCUT2D eigenvalue weighted by atomic mass is 35.5. The fraction of sp³-hybridized carbons (Fsp3) is 0.350. The molecular weight excluding hydrogens is 416 g/mol. The molecule has 8 heteroatoms. The highest BCUT2D eigenvalue weighted by Gasteiger charge is 2.24. The van der Waals surface area contributed by atoms with Crippen molar-refractivity contribution >= 4 is 45.0 Å². The molecule has 0 atom stereocenters. The summed E-state index contributed by atoms with van der Waals surface area (Å²) in [5.41, 5.74) is 1.61. The van der Waals surface area contributed by atoms with Gasteiger partial charge in [-0.25, -0.2) is 8.42 Å². The lowest BCUT2D eigenvalue weighted by Gasteiger charge is -2.27. The molecule has 0 bridgehead atoms. The maximum absolute atomic E-state index is 13.0. The van der Waals surface area contributed by atoms with E-state index in [-0.39, 0.29) is 10.8 Å². The van der Waals surface area contributed by atoms with Crippen molar-refractivity contribution in [3.63, 3.8) is 0 Å². The number of nitrogens with zero attached hydrogens (tertiary/aromatic N) is 1. The second-order valence-electron chi connectivity index (χ2n) is 6.78. The third-order valence-electron chi connectivity index (χ3n) is 4.80. The summed E-state index contributed by atoms with van der Waals surface area (Å²) >= 11 is 7.43. The number of hydrogen-bond acceptors (Lipinski definition) is 4. The number of thioether (sulfide) groups is 1. The van der Waals surface area contributed by atoms with E-state index >= 15 is 0 Å². The lowest BCUT2D eigenvalue weighted by Crippen LogP contribution is -2.36. The summed E-state index contributed by atoms with van der Waals surface area (Å²) in [6, 6.07) is 9.73. The number of piperidine rings is 1. The van der Waals surface area contributed by atoms with Crippen molar-refractivity contribution in [1.29, 1.82) is 0 Å². The third-order valence-corrected chi connectivity index (χ3v) is 7.19. The molecule has 0 spiro atoms. The van der Waals surface area contributed by atoms with Gasteiger partial charge in [-0.15, -0.1) is 11.8 Å². The van der Waals surface area contributed by atoms with E-state index in [0.29, 0.717) is 29.4 Å². The Labute approximate surface area is 175 Å². The quantitative estimate of drug-likeness (QED) is 0.681. The lowest BCUT2D eigenvalue weighted by molar-refractivity contribution is 0.0720. The number of likely N-dealkylation sites (tertiary alicyclic amines) is 1. The van der Waals surface area contributed by atoms with Gasteiger partial charge in [-0.2, -0.15) is 0 Å². The molecule has 5 nitrogen and oxygen atoms in total. The largest absolute Gasteiger partial charge is 0.339 e. The van der Waals surface area contributed by atoms with Gasteiger partial charge < -0.3 is 4.90 Å². The molecule has 0 aromatic heterocycles. The minimum atomic E-state index is -3.85. The zero-order valence-electron chi connectivity index (χ0n) is 15.9. The Balaban J connectivity index is 1.95. The topological polar surface area (TPSA) is 66.5 Å². The summed E-state index contributed by atoms with van der Waals surface area (Å²) in [7, 11) is -3.85. The molecule has 1 saturated heterocycles. The summed E-state index contributed by atoms with van der Waals surface area (Å²) in [6.45, 7) is 3.23. The first-order valence-corrected chi connectivity index (χ1v) is 12.2. The summed E-state index contributed by atoms with van der Waals surface area (Å²) in [6.07, 6.45) is 4.96. The zero-order valence-corrected chi connectivity index (χ0v) is 18.3. The Bertz CT molecular complexity index is 987. The molecule has 1 fully saturated rings. The van der Waals surface area contributed by atoms with E-state index in [1.807, 2.05) is 11.2 Å². The van der Waals surface area contributed by atoms with Crippen molar-refractivity contribution in [3.05, 3.63) is 52.5 Å².